The number of aliphatic hydroxyl groups excluding tert-OH is 1. The molecule has 0 aliphatic carbocycles. The molecular weight excluding hydrogens is 280 g/mol. The van der Waals surface area contributed by atoms with Crippen LogP contribution in [-0.4, -0.2) is 41.0 Å². The van der Waals surface area contributed by atoms with Gasteiger partial charge in [0.1, 0.15) is 0 Å². The zero-order valence-electron chi connectivity index (χ0n) is 13.2. The van der Waals surface area contributed by atoms with E-state index < -0.39 is 6.10 Å². The molecule has 2 amide bonds. The minimum Gasteiger partial charge on any atom is -0.388 e. The predicted molar refractivity (Wildman–Crippen MR) is 84.0 cm³/mol. The van der Waals surface area contributed by atoms with Gasteiger partial charge in [0.05, 0.1) is 12.0 Å². The van der Waals surface area contributed by atoms with Gasteiger partial charge in [0.25, 0.3) is 0 Å². The van der Waals surface area contributed by atoms with Gasteiger partial charge in [-0.3, -0.25) is 9.59 Å². The Balaban J connectivity index is 1.83. The molecule has 2 rings (SSSR count). The van der Waals surface area contributed by atoms with Gasteiger partial charge in [-0.1, -0.05) is 30.3 Å². The van der Waals surface area contributed by atoms with E-state index >= 15 is 0 Å². The number of likely N-dealkylation sites (tertiary alicyclic amines) is 1. The highest BCUT2D eigenvalue weighted by Crippen LogP contribution is 2.20. The molecule has 1 aromatic carbocycles. The summed E-state index contributed by atoms with van der Waals surface area (Å²) in [4.78, 5) is 25.6. The summed E-state index contributed by atoms with van der Waals surface area (Å²) >= 11 is 0. The fourth-order valence-electron chi connectivity index (χ4n) is 2.82. The molecule has 0 spiro atoms. The number of amides is 2. The van der Waals surface area contributed by atoms with Crippen molar-refractivity contribution in [1.82, 2.24) is 10.2 Å². The second kappa shape index (κ2) is 7.40. The van der Waals surface area contributed by atoms with E-state index in [2.05, 4.69) is 5.32 Å². The molecule has 0 aromatic heterocycles. The van der Waals surface area contributed by atoms with Crippen LogP contribution in [0, 0.1) is 5.92 Å². The fourth-order valence-corrected chi connectivity index (χ4v) is 2.82. The van der Waals surface area contributed by atoms with Crippen LogP contribution in [0.15, 0.2) is 30.3 Å². The van der Waals surface area contributed by atoms with E-state index in [-0.39, 0.29) is 30.2 Å². The maximum atomic E-state index is 12.2. The molecule has 1 aliphatic heterocycles. The summed E-state index contributed by atoms with van der Waals surface area (Å²) in [6.45, 7) is 4.93. The molecule has 5 nitrogen and oxygen atoms in total. The van der Waals surface area contributed by atoms with Gasteiger partial charge in [-0.05, 0) is 25.8 Å². The summed E-state index contributed by atoms with van der Waals surface area (Å²) in [5.41, 5.74) is 0.844. The lowest BCUT2D eigenvalue weighted by Gasteiger charge is -2.20. The number of carbonyl (C=O) groups is 2. The second-order valence-corrected chi connectivity index (χ2v) is 5.91. The average Bonchev–Trinajstić information content (AvgIpc) is 2.89. The zero-order chi connectivity index (χ0) is 16.1. The third-order valence-corrected chi connectivity index (χ3v) is 4.12. The van der Waals surface area contributed by atoms with Crippen molar-refractivity contribution in [1.29, 1.82) is 0 Å². The van der Waals surface area contributed by atoms with Crippen LogP contribution in [0.3, 0.4) is 0 Å². The summed E-state index contributed by atoms with van der Waals surface area (Å²) in [6.07, 6.45) is 0.135. The van der Waals surface area contributed by atoms with Crippen LogP contribution in [0.25, 0.3) is 0 Å². The molecule has 2 N–H and O–H groups in total. The maximum absolute atomic E-state index is 12.2. The number of rotatable bonds is 6. The first-order valence-corrected chi connectivity index (χ1v) is 7.82. The summed E-state index contributed by atoms with van der Waals surface area (Å²) in [6, 6.07) is 9.25. The van der Waals surface area contributed by atoms with Crippen LogP contribution >= 0.6 is 0 Å². The van der Waals surface area contributed by atoms with Crippen LogP contribution in [0.1, 0.15) is 38.4 Å². The number of hydrogen-bond acceptors (Lipinski definition) is 3. The molecule has 22 heavy (non-hydrogen) atoms. The van der Waals surface area contributed by atoms with Crippen LogP contribution in [0.2, 0.25) is 0 Å². The Bertz CT molecular complexity index is 518. The largest absolute Gasteiger partial charge is 0.388 e. The molecule has 1 aliphatic rings. The number of nitrogens with one attached hydrogen (secondary N) is 1. The molecule has 1 fully saturated rings. The molecular formula is C17H24N2O3. The van der Waals surface area contributed by atoms with Crippen LogP contribution in [0.4, 0.5) is 0 Å². The standard InChI is InChI=1S/C17H24N2O3/c1-3-19-11-14(10-16(19)21)17(22)18-12(2)9-15(20)13-7-5-4-6-8-13/h4-8,12,14-15,20H,3,9-11H2,1-2H3,(H,18,22). The normalized spacial score (nSPS) is 20.8. The third kappa shape index (κ3) is 4.07. The van der Waals surface area contributed by atoms with Crippen molar-refractivity contribution in [3.8, 4) is 0 Å². The molecule has 0 saturated carbocycles. The summed E-state index contributed by atoms with van der Waals surface area (Å²) in [7, 11) is 0. The summed E-state index contributed by atoms with van der Waals surface area (Å²) in [5, 5.41) is 13.1. The first kappa shape index (κ1) is 16.5. The van der Waals surface area contributed by atoms with E-state index in [1.165, 1.54) is 0 Å². The van der Waals surface area contributed by atoms with Crippen molar-refractivity contribution in [2.75, 3.05) is 13.1 Å². The van der Waals surface area contributed by atoms with E-state index in [4.69, 9.17) is 0 Å². The smallest absolute Gasteiger partial charge is 0.225 e. The van der Waals surface area contributed by atoms with Crippen molar-refractivity contribution in [3.63, 3.8) is 0 Å². The minimum absolute atomic E-state index is 0.0413. The van der Waals surface area contributed by atoms with Crippen molar-refractivity contribution >= 4 is 11.8 Å². The minimum atomic E-state index is -0.603. The lowest BCUT2D eigenvalue weighted by atomic mass is 10.0. The van der Waals surface area contributed by atoms with Crippen LogP contribution < -0.4 is 5.32 Å². The molecule has 0 radical (unpaired) electrons. The molecule has 1 saturated heterocycles. The lowest BCUT2D eigenvalue weighted by Crippen LogP contribution is -2.39. The van der Waals surface area contributed by atoms with Gasteiger partial charge in [-0.25, -0.2) is 0 Å². The van der Waals surface area contributed by atoms with E-state index in [9.17, 15) is 14.7 Å². The number of aliphatic hydroxyl groups is 1. The first-order chi connectivity index (χ1) is 10.5. The Kier molecular flexibility index (Phi) is 5.55. The van der Waals surface area contributed by atoms with Gasteiger partial charge in [0, 0.05) is 25.6 Å². The summed E-state index contributed by atoms with van der Waals surface area (Å²) in [5.74, 6) is -0.333. The summed E-state index contributed by atoms with van der Waals surface area (Å²) < 4.78 is 0. The Morgan fingerprint density at radius 2 is 2.09 bits per heavy atom. The molecule has 5 heteroatoms. The highest BCUT2D eigenvalue weighted by molar-refractivity contribution is 5.89. The van der Waals surface area contributed by atoms with Crippen molar-refractivity contribution < 1.29 is 14.7 Å². The third-order valence-electron chi connectivity index (χ3n) is 4.12. The van der Waals surface area contributed by atoms with Gasteiger partial charge in [0.2, 0.25) is 11.8 Å². The van der Waals surface area contributed by atoms with Gasteiger partial charge in [0.15, 0.2) is 0 Å². The SMILES string of the molecule is CCN1CC(C(=O)NC(C)CC(O)c2ccccc2)CC1=O. The molecule has 120 valence electrons. The Morgan fingerprint density at radius 1 is 1.41 bits per heavy atom. The van der Waals surface area contributed by atoms with E-state index in [0.717, 1.165) is 5.56 Å². The highest BCUT2D eigenvalue weighted by Gasteiger charge is 2.33. The van der Waals surface area contributed by atoms with Crippen molar-refractivity contribution in [2.45, 2.75) is 38.8 Å². The van der Waals surface area contributed by atoms with E-state index in [1.807, 2.05) is 44.2 Å². The van der Waals surface area contributed by atoms with Gasteiger partial charge >= 0.3 is 0 Å². The zero-order valence-corrected chi connectivity index (χ0v) is 13.2. The first-order valence-electron chi connectivity index (χ1n) is 7.82. The number of carbonyl (C=O) groups excluding carboxylic acids is 2. The van der Waals surface area contributed by atoms with Crippen molar-refractivity contribution in [3.05, 3.63) is 35.9 Å². The van der Waals surface area contributed by atoms with Crippen LogP contribution in [0.5, 0.6) is 0 Å². The average molecular weight is 304 g/mol. The predicted octanol–water partition coefficient (Wildman–Crippen LogP) is 1.48. The molecule has 1 heterocycles. The Hall–Kier alpha value is -1.88. The molecule has 1 aromatic rings. The molecule has 3 atom stereocenters. The number of hydrogen-bond donors (Lipinski definition) is 2. The molecule has 3 unspecified atom stereocenters. The van der Waals surface area contributed by atoms with Gasteiger partial charge in [-0.2, -0.15) is 0 Å². The van der Waals surface area contributed by atoms with Gasteiger partial charge < -0.3 is 15.3 Å². The van der Waals surface area contributed by atoms with Crippen molar-refractivity contribution in [2.24, 2.45) is 5.92 Å². The topological polar surface area (TPSA) is 69.6 Å². The van der Waals surface area contributed by atoms with E-state index in [1.54, 1.807) is 4.90 Å². The maximum Gasteiger partial charge on any atom is 0.225 e. The molecule has 0 bridgehead atoms. The fraction of sp³-hybridized carbons (Fsp3) is 0.529. The Morgan fingerprint density at radius 3 is 2.68 bits per heavy atom. The van der Waals surface area contributed by atoms with Gasteiger partial charge in [-0.15, -0.1) is 0 Å². The second-order valence-electron chi connectivity index (χ2n) is 5.91. The monoisotopic (exact) mass is 304 g/mol. The Labute approximate surface area is 131 Å². The van der Waals surface area contributed by atoms with Crippen LogP contribution in [-0.2, 0) is 9.59 Å². The number of nitrogens with zero attached hydrogens (tertiary/aromatic N) is 1. The quantitative estimate of drug-likeness (QED) is 0.836. The number of benzene rings is 1. The van der Waals surface area contributed by atoms with E-state index in [0.29, 0.717) is 19.5 Å². The highest BCUT2D eigenvalue weighted by atomic mass is 16.3. The lowest BCUT2D eigenvalue weighted by molar-refractivity contribution is -0.129.